The quantitative estimate of drug-likeness (QED) is 0.679. The Bertz CT molecular complexity index is 690. The Kier molecular flexibility index (Phi) is 3.33. The monoisotopic (exact) mass is 308 g/mol. The number of hydrogen-bond donors (Lipinski definition) is 0. The molecule has 0 aliphatic carbocycles. The number of hydrogen-bond acceptors (Lipinski definition) is 2. The van der Waals surface area contributed by atoms with Crippen LogP contribution in [0.4, 0.5) is 18.9 Å². The van der Waals surface area contributed by atoms with Crippen molar-refractivity contribution >= 4 is 27.9 Å². The third-order valence-electron chi connectivity index (χ3n) is 2.98. The third-order valence-corrected chi connectivity index (χ3v) is 5.18. The number of fused-ring (bicyclic) bond motifs is 2. The lowest BCUT2D eigenvalue weighted by atomic mass is 10.2. The summed E-state index contributed by atoms with van der Waals surface area (Å²) in [7, 11) is -1.72. The average Bonchev–Trinajstić information content (AvgIpc) is 2.62. The SMILES string of the molecule is O=C([S+]1c2ccccc2C=Nc2ccccc21)C(F)(F)F. The molecule has 1 atom stereocenters. The Morgan fingerprint density at radius 1 is 0.952 bits per heavy atom. The van der Waals surface area contributed by atoms with Gasteiger partial charge in [-0.25, -0.2) is 4.79 Å². The van der Waals surface area contributed by atoms with Crippen LogP contribution in [0.2, 0.25) is 0 Å². The Labute approximate surface area is 121 Å². The molecule has 0 amide bonds. The van der Waals surface area contributed by atoms with Crippen molar-refractivity contribution in [1.29, 1.82) is 0 Å². The Hall–Kier alpha value is -2.08. The number of halogens is 3. The predicted molar refractivity (Wildman–Crippen MR) is 75.1 cm³/mol. The second kappa shape index (κ2) is 5.04. The molecule has 106 valence electrons. The maximum atomic E-state index is 13.0. The molecule has 0 spiro atoms. The van der Waals surface area contributed by atoms with Crippen molar-refractivity contribution in [2.24, 2.45) is 4.99 Å². The molecule has 2 nitrogen and oxygen atoms in total. The normalized spacial score (nSPS) is 16.8. The highest BCUT2D eigenvalue weighted by Crippen LogP contribution is 2.39. The molecule has 1 aliphatic heterocycles. The molecule has 0 bridgehead atoms. The van der Waals surface area contributed by atoms with Crippen LogP contribution in [-0.4, -0.2) is 17.5 Å². The smallest absolute Gasteiger partial charge is 0.251 e. The number of aliphatic imine (C=N–C) groups is 1. The van der Waals surface area contributed by atoms with Crippen molar-refractivity contribution in [3.8, 4) is 0 Å². The molecular formula is C15H9F3NOS+. The van der Waals surface area contributed by atoms with Crippen LogP contribution in [-0.2, 0) is 15.7 Å². The van der Waals surface area contributed by atoms with E-state index in [2.05, 4.69) is 4.99 Å². The van der Waals surface area contributed by atoms with E-state index in [4.69, 9.17) is 0 Å². The highest BCUT2D eigenvalue weighted by Gasteiger charge is 2.55. The molecule has 0 N–H and O–H groups in total. The fourth-order valence-corrected chi connectivity index (χ4v) is 4.07. The zero-order valence-electron chi connectivity index (χ0n) is 10.6. The van der Waals surface area contributed by atoms with Gasteiger partial charge in [-0.2, -0.15) is 13.2 Å². The van der Waals surface area contributed by atoms with Gasteiger partial charge in [-0.1, -0.05) is 24.3 Å². The van der Waals surface area contributed by atoms with Gasteiger partial charge in [-0.15, -0.1) is 0 Å². The summed E-state index contributed by atoms with van der Waals surface area (Å²) in [6.45, 7) is 0. The summed E-state index contributed by atoms with van der Waals surface area (Å²) < 4.78 is 38.9. The van der Waals surface area contributed by atoms with E-state index < -0.39 is 22.2 Å². The molecule has 0 saturated heterocycles. The zero-order valence-corrected chi connectivity index (χ0v) is 11.4. The fraction of sp³-hybridized carbons (Fsp3) is 0.0667. The molecule has 0 saturated carbocycles. The molecule has 0 radical (unpaired) electrons. The van der Waals surface area contributed by atoms with Crippen molar-refractivity contribution in [3.05, 3.63) is 54.1 Å². The van der Waals surface area contributed by atoms with Gasteiger partial charge >= 0.3 is 11.3 Å². The van der Waals surface area contributed by atoms with Gasteiger partial charge in [0.25, 0.3) is 0 Å². The van der Waals surface area contributed by atoms with E-state index in [1.807, 2.05) is 0 Å². The number of carbonyl (C=O) groups excluding carboxylic acids is 1. The first-order valence-electron chi connectivity index (χ1n) is 6.06. The van der Waals surface area contributed by atoms with Crippen molar-refractivity contribution in [1.82, 2.24) is 0 Å². The first-order valence-corrected chi connectivity index (χ1v) is 7.28. The minimum Gasteiger partial charge on any atom is -0.251 e. The molecule has 1 unspecified atom stereocenters. The Balaban J connectivity index is 2.27. The molecule has 0 fully saturated rings. The molecule has 21 heavy (non-hydrogen) atoms. The molecule has 0 aromatic heterocycles. The maximum absolute atomic E-state index is 13.0. The number of nitrogens with zero attached hydrogens (tertiary/aromatic N) is 1. The van der Waals surface area contributed by atoms with Gasteiger partial charge in [0.1, 0.15) is 16.6 Å². The minimum absolute atomic E-state index is 0.307. The second-order valence-electron chi connectivity index (χ2n) is 4.36. The lowest BCUT2D eigenvalue weighted by Gasteiger charge is -2.09. The Morgan fingerprint density at radius 3 is 2.29 bits per heavy atom. The molecule has 1 heterocycles. The maximum Gasteiger partial charge on any atom is 0.504 e. The van der Waals surface area contributed by atoms with Gasteiger partial charge < -0.3 is 0 Å². The first kappa shape index (κ1) is 13.9. The first-order chi connectivity index (χ1) is 9.98. The highest BCUT2D eigenvalue weighted by atomic mass is 32.2. The third kappa shape index (κ3) is 2.47. The predicted octanol–water partition coefficient (Wildman–Crippen LogP) is 3.88. The molecule has 3 rings (SSSR count). The standard InChI is InChI=1S/C15H9F3NOS/c16-15(17,18)14(20)21-12-7-3-1-5-10(12)9-19-11-6-2-4-8-13(11)21/h1-9H/q+1. The van der Waals surface area contributed by atoms with Gasteiger partial charge in [0, 0.05) is 11.8 Å². The van der Waals surface area contributed by atoms with Crippen LogP contribution in [0, 0.1) is 0 Å². The van der Waals surface area contributed by atoms with E-state index in [0.717, 1.165) is 0 Å². The van der Waals surface area contributed by atoms with Gasteiger partial charge in [0.2, 0.25) is 0 Å². The zero-order chi connectivity index (χ0) is 15.0. The number of para-hydroxylation sites is 1. The van der Waals surface area contributed by atoms with E-state index in [1.54, 1.807) is 42.5 Å². The summed E-state index contributed by atoms with van der Waals surface area (Å²) in [5, 5.41) is -1.74. The summed E-state index contributed by atoms with van der Waals surface area (Å²) in [5.74, 6) is 0. The number of rotatable bonds is 0. The molecular weight excluding hydrogens is 299 g/mol. The summed E-state index contributed by atoms with van der Waals surface area (Å²) in [6, 6.07) is 13.0. The van der Waals surface area contributed by atoms with Crippen LogP contribution < -0.4 is 0 Å². The van der Waals surface area contributed by atoms with Crippen molar-refractivity contribution in [3.63, 3.8) is 0 Å². The van der Waals surface area contributed by atoms with Crippen LogP contribution in [0.5, 0.6) is 0 Å². The number of alkyl halides is 3. The topological polar surface area (TPSA) is 29.4 Å². The molecule has 2 aromatic carbocycles. The lowest BCUT2D eigenvalue weighted by molar-refractivity contribution is -0.160. The lowest BCUT2D eigenvalue weighted by Crippen LogP contribution is -2.31. The fourth-order valence-electron chi connectivity index (χ4n) is 2.08. The van der Waals surface area contributed by atoms with Gasteiger partial charge in [-0.3, -0.25) is 4.99 Å². The van der Waals surface area contributed by atoms with Gasteiger partial charge in [0.15, 0.2) is 9.79 Å². The molecule has 2 aromatic rings. The largest absolute Gasteiger partial charge is 0.504 e. The van der Waals surface area contributed by atoms with Crippen LogP contribution >= 0.6 is 0 Å². The second-order valence-corrected chi connectivity index (χ2v) is 6.22. The van der Waals surface area contributed by atoms with E-state index in [0.29, 0.717) is 21.0 Å². The molecule has 6 heteroatoms. The van der Waals surface area contributed by atoms with Crippen molar-refractivity contribution < 1.29 is 18.0 Å². The van der Waals surface area contributed by atoms with E-state index in [-0.39, 0.29) is 0 Å². The minimum atomic E-state index is -4.88. The number of carbonyl (C=O) groups is 1. The summed E-state index contributed by atoms with van der Waals surface area (Å²) in [5.41, 5.74) is 0.935. The highest BCUT2D eigenvalue weighted by molar-refractivity contribution is 8.11. The van der Waals surface area contributed by atoms with Crippen LogP contribution in [0.15, 0.2) is 63.3 Å². The average molecular weight is 308 g/mol. The molecule has 1 aliphatic rings. The summed E-state index contributed by atoms with van der Waals surface area (Å²) in [4.78, 5) is 16.8. The van der Waals surface area contributed by atoms with Crippen LogP contribution in [0.25, 0.3) is 0 Å². The number of benzene rings is 2. The van der Waals surface area contributed by atoms with Crippen LogP contribution in [0.3, 0.4) is 0 Å². The van der Waals surface area contributed by atoms with E-state index in [1.165, 1.54) is 12.3 Å². The Morgan fingerprint density at radius 2 is 1.57 bits per heavy atom. The summed E-state index contributed by atoms with van der Waals surface area (Å²) in [6.07, 6.45) is -3.38. The van der Waals surface area contributed by atoms with E-state index in [9.17, 15) is 18.0 Å². The van der Waals surface area contributed by atoms with Gasteiger partial charge in [-0.05, 0) is 24.3 Å². The van der Waals surface area contributed by atoms with Crippen molar-refractivity contribution in [2.45, 2.75) is 16.0 Å². The van der Waals surface area contributed by atoms with E-state index >= 15 is 0 Å². The van der Waals surface area contributed by atoms with Gasteiger partial charge in [0.05, 0.1) is 0 Å². The van der Waals surface area contributed by atoms with Crippen molar-refractivity contribution in [2.75, 3.05) is 0 Å². The van der Waals surface area contributed by atoms with Crippen LogP contribution in [0.1, 0.15) is 5.56 Å². The summed E-state index contributed by atoms with van der Waals surface area (Å²) >= 11 is 0.